The highest BCUT2D eigenvalue weighted by molar-refractivity contribution is 7.15. The third-order valence-electron chi connectivity index (χ3n) is 2.55. The highest BCUT2D eigenvalue weighted by atomic mass is 32.1. The van der Waals surface area contributed by atoms with Gasteiger partial charge >= 0.3 is 6.18 Å². The first-order valence-electron chi connectivity index (χ1n) is 6.40. The Morgan fingerprint density at radius 2 is 1.61 bits per heavy atom. The highest BCUT2D eigenvalue weighted by Gasteiger charge is 2.35. The van der Waals surface area contributed by atoms with Crippen LogP contribution in [0.1, 0.15) is 17.8 Å². The smallest absolute Gasteiger partial charge is 0.326 e. The number of aromatic nitrogens is 2. The number of carbonyl (C=O) groups excluding carboxylic acids is 2. The fraction of sp³-hybridized carbons (Fsp3) is 0.231. The van der Waals surface area contributed by atoms with E-state index in [1.165, 1.54) is 0 Å². The SMILES string of the molecule is O=C(CCC(=O)Nc1nnc(C(F)(F)F)s1)Nc1ccccc1. The standard InChI is InChI=1S/C13H11F3N4O2S/c14-13(15,16)11-19-20-12(23-11)18-10(22)7-6-9(21)17-8-4-2-1-3-5-8/h1-5H,6-7H2,(H,17,21)(H,18,20,22). The lowest BCUT2D eigenvalue weighted by Gasteiger charge is -2.04. The monoisotopic (exact) mass is 344 g/mol. The number of rotatable bonds is 5. The van der Waals surface area contributed by atoms with Gasteiger partial charge < -0.3 is 10.6 Å². The fourth-order valence-corrected chi connectivity index (χ4v) is 2.17. The van der Waals surface area contributed by atoms with Gasteiger partial charge in [-0.15, -0.1) is 10.2 Å². The Morgan fingerprint density at radius 1 is 1.00 bits per heavy atom. The predicted molar refractivity (Wildman–Crippen MR) is 77.8 cm³/mol. The average Bonchev–Trinajstić information content (AvgIpc) is 2.95. The van der Waals surface area contributed by atoms with E-state index in [1.807, 2.05) is 0 Å². The van der Waals surface area contributed by atoms with Gasteiger partial charge in [0.15, 0.2) is 0 Å². The lowest BCUT2D eigenvalue weighted by molar-refractivity contribution is -0.138. The van der Waals surface area contributed by atoms with Gasteiger partial charge in [-0.2, -0.15) is 13.2 Å². The van der Waals surface area contributed by atoms with Crippen LogP contribution in [0, 0.1) is 0 Å². The van der Waals surface area contributed by atoms with Gasteiger partial charge in [0.05, 0.1) is 0 Å². The van der Waals surface area contributed by atoms with E-state index in [-0.39, 0.29) is 35.2 Å². The van der Waals surface area contributed by atoms with E-state index in [0.717, 1.165) is 0 Å². The molecule has 23 heavy (non-hydrogen) atoms. The third-order valence-corrected chi connectivity index (χ3v) is 3.43. The zero-order valence-electron chi connectivity index (χ0n) is 11.6. The Kier molecular flexibility index (Phi) is 5.27. The number of nitrogens with one attached hydrogen (secondary N) is 2. The van der Waals surface area contributed by atoms with Crippen molar-refractivity contribution in [2.45, 2.75) is 19.0 Å². The van der Waals surface area contributed by atoms with Gasteiger partial charge in [-0.05, 0) is 12.1 Å². The number of hydrogen-bond acceptors (Lipinski definition) is 5. The molecule has 0 spiro atoms. The summed E-state index contributed by atoms with van der Waals surface area (Å²) in [5.74, 6) is -0.988. The van der Waals surface area contributed by atoms with Gasteiger partial charge in [-0.3, -0.25) is 9.59 Å². The molecular weight excluding hydrogens is 333 g/mol. The molecule has 2 N–H and O–H groups in total. The number of hydrogen-bond donors (Lipinski definition) is 2. The molecule has 0 aliphatic rings. The van der Waals surface area contributed by atoms with Crippen molar-refractivity contribution in [2.24, 2.45) is 0 Å². The van der Waals surface area contributed by atoms with Crippen LogP contribution in [-0.2, 0) is 15.8 Å². The lowest BCUT2D eigenvalue weighted by atomic mass is 10.2. The summed E-state index contributed by atoms with van der Waals surface area (Å²) in [7, 11) is 0. The van der Waals surface area contributed by atoms with Crippen LogP contribution in [0.4, 0.5) is 24.0 Å². The molecule has 0 saturated heterocycles. The normalized spacial score (nSPS) is 11.1. The van der Waals surface area contributed by atoms with Crippen LogP contribution < -0.4 is 10.6 Å². The molecule has 0 bridgehead atoms. The predicted octanol–water partition coefficient (Wildman–Crippen LogP) is 2.91. The van der Waals surface area contributed by atoms with Crippen LogP contribution in [0.2, 0.25) is 0 Å². The van der Waals surface area contributed by atoms with E-state index in [9.17, 15) is 22.8 Å². The number of alkyl halides is 3. The maximum atomic E-state index is 12.3. The second-order valence-corrected chi connectivity index (χ2v) is 5.35. The first-order chi connectivity index (χ1) is 10.8. The molecule has 6 nitrogen and oxygen atoms in total. The van der Waals surface area contributed by atoms with E-state index < -0.39 is 17.1 Å². The first kappa shape index (κ1) is 16.9. The lowest BCUT2D eigenvalue weighted by Crippen LogP contribution is -2.17. The topological polar surface area (TPSA) is 84.0 Å². The largest absolute Gasteiger partial charge is 0.445 e. The van der Waals surface area contributed by atoms with E-state index in [4.69, 9.17) is 0 Å². The second-order valence-electron chi connectivity index (χ2n) is 4.37. The minimum absolute atomic E-state index is 0.105. The van der Waals surface area contributed by atoms with Crippen molar-refractivity contribution < 1.29 is 22.8 Å². The molecule has 0 fully saturated rings. The Bertz CT molecular complexity index is 688. The molecule has 0 saturated carbocycles. The molecule has 1 aromatic carbocycles. The van der Waals surface area contributed by atoms with Crippen LogP contribution in [0.25, 0.3) is 0 Å². The second kappa shape index (κ2) is 7.18. The summed E-state index contributed by atoms with van der Waals surface area (Å²) in [5, 5.41) is 9.54. The maximum Gasteiger partial charge on any atom is 0.445 e. The summed E-state index contributed by atoms with van der Waals surface area (Å²) in [6.07, 6.45) is -4.89. The zero-order valence-corrected chi connectivity index (χ0v) is 12.4. The highest BCUT2D eigenvalue weighted by Crippen LogP contribution is 2.32. The van der Waals surface area contributed by atoms with Crippen molar-refractivity contribution in [3.8, 4) is 0 Å². The minimum atomic E-state index is -4.60. The average molecular weight is 344 g/mol. The molecular formula is C13H11F3N4O2S. The van der Waals surface area contributed by atoms with Gasteiger partial charge in [-0.25, -0.2) is 0 Å². The van der Waals surface area contributed by atoms with Gasteiger partial charge in [-0.1, -0.05) is 29.5 Å². The summed E-state index contributed by atoms with van der Waals surface area (Å²) in [5.41, 5.74) is 0.594. The number of halogens is 3. The zero-order chi connectivity index (χ0) is 16.9. The third kappa shape index (κ3) is 5.33. The number of nitrogens with zero attached hydrogens (tertiary/aromatic N) is 2. The number of amides is 2. The van der Waals surface area contributed by atoms with Crippen molar-refractivity contribution >= 4 is 34.0 Å². The van der Waals surface area contributed by atoms with E-state index >= 15 is 0 Å². The Hall–Kier alpha value is -2.49. The van der Waals surface area contributed by atoms with E-state index in [0.29, 0.717) is 5.69 Å². The Morgan fingerprint density at radius 3 is 2.17 bits per heavy atom. The summed E-state index contributed by atoms with van der Waals surface area (Å²) >= 11 is 0.225. The van der Waals surface area contributed by atoms with Crippen LogP contribution in [0.15, 0.2) is 30.3 Å². The van der Waals surface area contributed by atoms with Gasteiger partial charge in [0.1, 0.15) is 0 Å². The summed E-state index contributed by atoms with van der Waals surface area (Å²) in [4.78, 5) is 23.2. The van der Waals surface area contributed by atoms with Crippen LogP contribution >= 0.6 is 11.3 Å². The molecule has 2 rings (SSSR count). The fourth-order valence-electron chi connectivity index (χ4n) is 1.54. The van der Waals surface area contributed by atoms with Crippen molar-refractivity contribution in [2.75, 3.05) is 10.6 Å². The molecule has 0 atom stereocenters. The molecule has 0 radical (unpaired) electrons. The molecule has 0 aliphatic carbocycles. The van der Waals surface area contributed by atoms with Gasteiger partial charge in [0.25, 0.3) is 0 Å². The Labute approximate surface area is 132 Å². The molecule has 1 aromatic heterocycles. The van der Waals surface area contributed by atoms with E-state index in [1.54, 1.807) is 30.3 Å². The van der Waals surface area contributed by atoms with Crippen molar-refractivity contribution in [1.29, 1.82) is 0 Å². The molecule has 1 heterocycles. The molecule has 0 unspecified atom stereocenters. The first-order valence-corrected chi connectivity index (χ1v) is 7.21. The van der Waals surface area contributed by atoms with Gasteiger partial charge in [0.2, 0.25) is 22.0 Å². The summed E-state index contributed by atoms with van der Waals surface area (Å²) in [6.45, 7) is 0. The molecule has 2 amide bonds. The molecule has 2 aromatic rings. The molecule has 0 aliphatic heterocycles. The minimum Gasteiger partial charge on any atom is -0.326 e. The summed E-state index contributed by atoms with van der Waals surface area (Å²) in [6, 6.07) is 8.67. The van der Waals surface area contributed by atoms with Crippen molar-refractivity contribution in [1.82, 2.24) is 10.2 Å². The number of benzene rings is 1. The van der Waals surface area contributed by atoms with Crippen molar-refractivity contribution in [3.63, 3.8) is 0 Å². The quantitative estimate of drug-likeness (QED) is 0.873. The Balaban J connectivity index is 1.79. The van der Waals surface area contributed by atoms with E-state index in [2.05, 4.69) is 20.8 Å². The van der Waals surface area contributed by atoms with Crippen LogP contribution in [0.3, 0.4) is 0 Å². The number of para-hydroxylation sites is 1. The maximum absolute atomic E-state index is 12.3. The van der Waals surface area contributed by atoms with Gasteiger partial charge in [0, 0.05) is 18.5 Å². The summed E-state index contributed by atoms with van der Waals surface area (Å²) < 4.78 is 37.0. The van der Waals surface area contributed by atoms with Crippen LogP contribution in [0.5, 0.6) is 0 Å². The molecule has 122 valence electrons. The number of carbonyl (C=O) groups is 2. The van der Waals surface area contributed by atoms with Crippen molar-refractivity contribution in [3.05, 3.63) is 35.3 Å². The number of anilines is 2. The van der Waals surface area contributed by atoms with Crippen LogP contribution in [-0.4, -0.2) is 22.0 Å². The molecule has 10 heteroatoms.